The molecule has 2 heterocycles. The molecule has 1 atom stereocenters. The van der Waals surface area contributed by atoms with E-state index in [1.165, 1.54) is 6.07 Å². The smallest absolute Gasteiger partial charge is 0.342 e. The molecule has 0 fully saturated rings. The second-order valence-electron chi connectivity index (χ2n) is 9.32. The van der Waals surface area contributed by atoms with Crippen LogP contribution >= 0.6 is 0 Å². The molecule has 0 bridgehead atoms. The summed E-state index contributed by atoms with van der Waals surface area (Å²) < 4.78 is 25.3. The number of carbonyl (C=O) groups excluding carboxylic acids is 2. The molecule has 0 saturated heterocycles. The summed E-state index contributed by atoms with van der Waals surface area (Å²) in [6, 6.07) is 11.4. The normalized spacial score (nSPS) is 17.3. The number of amides is 2. The van der Waals surface area contributed by atoms with Crippen molar-refractivity contribution in [3.05, 3.63) is 82.7 Å². The predicted molar refractivity (Wildman–Crippen MR) is 135 cm³/mol. The molecule has 4 rings (SSSR count). The minimum Gasteiger partial charge on any atom is -0.378 e. The van der Waals surface area contributed by atoms with Crippen LogP contribution in [0.3, 0.4) is 0 Å². The molecule has 2 aromatic carbocycles. The van der Waals surface area contributed by atoms with Crippen molar-refractivity contribution in [2.75, 3.05) is 11.9 Å². The Balaban J connectivity index is 1.55. The summed E-state index contributed by atoms with van der Waals surface area (Å²) in [4.78, 5) is 27.2. The highest BCUT2D eigenvalue weighted by atomic mass is 16.3. The van der Waals surface area contributed by atoms with Crippen LogP contribution in [0.1, 0.15) is 52.2 Å². The molecule has 0 saturated carbocycles. The van der Waals surface area contributed by atoms with Crippen LogP contribution in [0.25, 0.3) is 0 Å². The van der Waals surface area contributed by atoms with Gasteiger partial charge in [-0.1, -0.05) is 47.7 Å². The molecule has 2 amide bonds. The fourth-order valence-electron chi connectivity index (χ4n) is 3.84. The third-order valence-electron chi connectivity index (χ3n) is 5.73. The average molecular weight is 474 g/mol. The van der Waals surface area contributed by atoms with Gasteiger partial charge in [0, 0.05) is 35.0 Å². The number of likely N-dealkylation sites (N-methyl/N-ethyl adjacent to an activating group) is 1. The maximum atomic E-state index is 13.5. The van der Waals surface area contributed by atoms with Gasteiger partial charge in [-0.3, -0.25) is 4.79 Å². The van der Waals surface area contributed by atoms with Crippen LogP contribution in [-0.2, 0) is 17.6 Å². The van der Waals surface area contributed by atoms with Crippen molar-refractivity contribution in [2.24, 2.45) is 0 Å². The summed E-state index contributed by atoms with van der Waals surface area (Å²) in [5, 5.41) is 16.7. The third-order valence-corrected chi connectivity index (χ3v) is 5.73. The van der Waals surface area contributed by atoms with E-state index < -0.39 is 30.6 Å². The maximum Gasteiger partial charge on any atom is 0.342 e. The van der Waals surface area contributed by atoms with Crippen LogP contribution in [-0.4, -0.2) is 45.4 Å². The number of anilines is 1. The van der Waals surface area contributed by atoms with Crippen molar-refractivity contribution < 1.29 is 18.8 Å². The molecule has 1 aliphatic heterocycles. The molecule has 0 aliphatic carbocycles. The highest BCUT2D eigenvalue weighted by molar-refractivity contribution is 6.00. The van der Waals surface area contributed by atoms with Gasteiger partial charge >= 0.3 is 6.03 Å². The molecule has 0 unspecified atom stereocenters. The van der Waals surface area contributed by atoms with Gasteiger partial charge in [-0.25, -0.2) is 4.79 Å². The number of rotatable bonds is 3. The van der Waals surface area contributed by atoms with Crippen molar-refractivity contribution >= 4 is 17.6 Å². The highest BCUT2D eigenvalue weighted by Gasteiger charge is 2.30. The first kappa shape index (κ1) is 20.5. The van der Waals surface area contributed by atoms with Crippen molar-refractivity contribution in [3.63, 3.8) is 0 Å². The van der Waals surface area contributed by atoms with Gasteiger partial charge in [-0.15, -0.1) is 0 Å². The standard InChI is InChI=1S/C28H30N4O3/c1-19-5-7-20(8-6-19)15-22-17-29-32(18-22)27(34)30-24-12-11-23-10-9-21(13-14-28(2,3)35)16-25(23)31(4)26(24)33/h5-10,16-18,24,35H,11-12,15H2,1-4H3,(H,30,34)/t24-/m1/s1/i4D3. The summed E-state index contributed by atoms with van der Waals surface area (Å²) in [5.74, 6) is 4.78. The molecule has 180 valence electrons. The zero-order valence-electron chi connectivity index (χ0n) is 23.0. The Kier molecular flexibility index (Phi) is 5.72. The molecule has 1 aromatic heterocycles. The van der Waals surface area contributed by atoms with Crippen LogP contribution in [0.5, 0.6) is 0 Å². The summed E-state index contributed by atoms with van der Waals surface area (Å²) in [5.41, 5.74) is 3.16. The number of aromatic nitrogens is 2. The van der Waals surface area contributed by atoms with Crippen LogP contribution in [0.15, 0.2) is 54.9 Å². The first-order chi connectivity index (χ1) is 17.8. The Hall–Kier alpha value is -3.89. The summed E-state index contributed by atoms with van der Waals surface area (Å²) >= 11 is 0. The number of hydrogen-bond donors (Lipinski definition) is 2. The van der Waals surface area contributed by atoms with Gasteiger partial charge in [0.25, 0.3) is 0 Å². The Morgan fingerprint density at radius 1 is 1.26 bits per heavy atom. The van der Waals surface area contributed by atoms with Crippen LogP contribution in [0, 0.1) is 18.8 Å². The summed E-state index contributed by atoms with van der Waals surface area (Å²) in [6.45, 7) is 2.31. The van der Waals surface area contributed by atoms with Gasteiger partial charge in [0.1, 0.15) is 11.6 Å². The van der Waals surface area contributed by atoms with Crippen LogP contribution in [0.2, 0.25) is 0 Å². The minimum atomic E-state index is -2.78. The monoisotopic (exact) mass is 473 g/mol. The van der Waals surface area contributed by atoms with Crippen LogP contribution < -0.4 is 10.2 Å². The second kappa shape index (κ2) is 9.77. The van der Waals surface area contributed by atoms with E-state index in [0.717, 1.165) is 26.3 Å². The lowest BCUT2D eigenvalue weighted by Gasteiger charge is -2.22. The number of nitrogens with one attached hydrogen (secondary N) is 1. The van der Waals surface area contributed by atoms with Gasteiger partial charge in [-0.2, -0.15) is 9.78 Å². The van der Waals surface area contributed by atoms with Gasteiger partial charge in [0.05, 0.1) is 6.20 Å². The fraction of sp³-hybridized carbons (Fsp3) is 0.321. The molecular weight excluding hydrogens is 440 g/mol. The Bertz CT molecular complexity index is 1410. The molecule has 0 radical (unpaired) electrons. The van der Waals surface area contributed by atoms with E-state index in [9.17, 15) is 14.7 Å². The molecule has 3 aromatic rings. The molecule has 0 spiro atoms. The van der Waals surface area contributed by atoms with E-state index in [4.69, 9.17) is 4.11 Å². The number of carbonyl (C=O) groups is 2. The fourth-order valence-corrected chi connectivity index (χ4v) is 3.84. The highest BCUT2D eigenvalue weighted by Crippen LogP contribution is 2.27. The summed E-state index contributed by atoms with van der Waals surface area (Å²) in [7, 11) is 0. The van der Waals surface area contributed by atoms with Crippen molar-refractivity contribution in [3.8, 4) is 11.8 Å². The lowest BCUT2D eigenvalue weighted by Crippen LogP contribution is -2.48. The van der Waals surface area contributed by atoms with Gasteiger partial charge in [-0.05, 0) is 62.4 Å². The minimum absolute atomic E-state index is 0.216. The van der Waals surface area contributed by atoms with Crippen molar-refractivity contribution in [2.45, 2.75) is 51.7 Å². The SMILES string of the molecule is [2H]C([2H])([2H])N1C(=O)[C@H](NC(=O)n2cc(Cc3ccc(C)cc3)cn2)CCc2ccc(C#CC(C)(C)O)cc21. The number of fused-ring (bicyclic) bond motifs is 1. The van der Waals surface area contributed by atoms with Crippen LogP contribution in [0.4, 0.5) is 10.5 Å². The van der Waals surface area contributed by atoms with Crippen molar-refractivity contribution in [1.82, 2.24) is 15.1 Å². The Labute approximate surface area is 210 Å². The Morgan fingerprint density at radius 2 is 2.03 bits per heavy atom. The van der Waals surface area contributed by atoms with E-state index in [2.05, 4.69) is 22.3 Å². The third kappa shape index (κ3) is 5.97. The first-order valence-electron chi connectivity index (χ1n) is 12.9. The van der Waals surface area contributed by atoms with Gasteiger partial charge in [0.2, 0.25) is 5.91 Å². The molecule has 35 heavy (non-hydrogen) atoms. The summed E-state index contributed by atoms with van der Waals surface area (Å²) in [6.07, 6.45) is 4.37. The molecule has 2 N–H and O–H groups in total. The van der Waals surface area contributed by atoms with E-state index in [0.29, 0.717) is 24.0 Å². The average Bonchev–Trinajstić information content (AvgIpc) is 3.24. The topological polar surface area (TPSA) is 87.5 Å². The molecular formula is C28H30N4O3. The molecule has 7 nitrogen and oxygen atoms in total. The quantitative estimate of drug-likeness (QED) is 0.571. The zero-order chi connectivity index (χ0) is 27.7. The second-order valence-corrected chi connectivity index (χ2v) is 9.32. The van der Waals surface area contributed by atoms with Crippen molar-refractivity contribution in [1.29, 1.82) is 0 Å². The molecule has 1 aliphatic rings. The van der Waals surface area contributed by atoms with E-state index >= 15 is 0 Å². The van der Waals surface area contributed by atoms with Gasteiger partial charge < -0.3 is 15.3 Å². The van der Waals surface area contributed by atoms with Gasteiger partial charge in [0.15, 0.2) is 0 Å². The Morgan fingerprint density at radius 3 is 2.74 bits per heavy atom. The lowest BCUT2D eigenvalue weighted by molar-refractivity contribution is -0.120. The predicted octanol–water partition coefficient (Wildman–Crippen LogP) is 3.44. The van der Waals surface area contributed by atoms with E-state index in [-0.39, 0.29) is 12.1 Å². The number of aliphatic hydroxyl groups is 1. The van der Waals surface area contributed by atoms with E-state index in [1.54, 1.807) is 38.4 Å². The largest absolute Gasteiger partial charge is 0.378 e. The van der Waals surface area contributed by atoms with E-state index in [1.807, 2.05) is 31.2 Å². The lowest BCUT2D eigenvalue weighted by atomic mass is 10.0. The number of benzene rings is 2. The number of aryl methyl sites for hydroxylation is 2. The first-order valence-corrected chi connectivity index (χ1v) is 11.4. The number of hydrogen-bond acceptors (Lipinski definition) is 4. The zero-order valence-corrected chi connectivity index (χ0v) is 20.0. The molecule has 7 heteroatoms. The maximum absolute atomic E-state index is 13.5. The number of nitrogens with zero attached hydrogens (tertiary/aromatic N) is 3.